The van der Waals surface area contributed by atoms with Gasteiger partial charge in [-0.3, -0.25) is 9.48 Å². The number of likely N-dealkylation sites (N-methyl/N-ethyl adjacent to an activating group) is 1. The Hall–Kier alpha value is -2.10. The number of nitrogens with zero attached hydrogens (tertiary/aromatic N) is 2. The molecule has 0 radical (unpaired) electrons. The van der Waals surface area contributed by atoms with E-state index in [1.54, 1.807) is 55.4 Å². The molecule has 1 aromatic carbocycles. The molecule has 26 heavy (non-hydrogen) atoms. The SMILES string of the molecule is CNC(C(=O)Nc1cccc(OCCS(C)(=O)=O)c1)c1cnn(C)c1.Cl. The topological polar surface area (TPSA) is 102 Å². The van der Waals surface area contributed by atoms with E-state index < -0.39 is 15.9 Å². The van der Waals surface area contributed by atoms with Gasteiger partial charge in [0.15, 0.2) is 9.84 Å². The van der Waals surface area contributed by atoms with Crippen molar-refractivity contribution >= 4 is 33.8 Å². The lowest BCUT2D eigenvalue weighted by Crippen LogP contribution is -2.30. The molecule has 0 saturated carbocycles. The summed E-state index contributed by atoms with van der Waals surface area (Å²) in [5.74, 6) is 0.194. The second-order valence-corrected chi connectivity index (χ2v) is 7.92. The lowest BCUT2D eigenvalue weighted by Gasteiger charge is -2.15. The van der Waals surface area contributed by atoms with Crippen LogP contribution in [0.4, 0.5) is 5.69 Å². The lowest BCUT2D eigenvalue weighted by atomic mass is 10.1. The number of ether oxygens (including phenoxy) is 1. The number of rotatable bonds is 8. The number of benzene rings is 1. The predicted octanol–water partition coefficient (Wildman–Crippen LogP) is 1.16. The molecule has 1 amide bonds. The van der Waals surface area contributed by atoms with E-state index in [4.69, 9.17) is 4.74 Å². The number of aryl methyl sites for hydroxylation is 1. The van der Waals surface area contributed by atoms with Crippen molar-refractivity contribution in [1.29, 1.82) is 0 Å². The van der Waals surface area contributed by atoms with E-state index in [0.717, 1.165) is 11.8 Å². The molecule has 0 spiro atoms. The van der Waals surface area contributed by atoms with Crippen LogP contribution in [0.5, 0.6) is 5.75 Å². The average Bonchev–Trinajstić information content (AvgIpc) is 2.93. The molecule has 8 nitrogen and oxygen atoms in total. The van der Waals surface area contributed by atoms with Crippen LogP contribution in [-0.2, 0) is 21.7 Å². The molecule has 0 aliphatic heterocycles. The fraction of sp³-hybridized carbons (Fsp3) is 0.375. The Kier molecular flexibility index (Phi) is 8.07. The zero-order valence-corrected chi connectivity index (χ0v) is 16.4. The molecule has 0 bridgehead atoms. The summed E-state index contributed by atoms with van der Waals surface area (Å²) in [4.78, 5) is 12.5. The lowest BCUT2D eigenvalue weighted by molar-refractivity contribution is -0.118. The van der Waals surface area contributed by atoms with Crippen LogP contribution in [0.3, 0.4) is 0 Å². The van der Waals surface area contributed by atoms with Gasteiger partial charge in [-0.15, -0.1) is 12.4 Å². The van der Waals surface area contributed by atoms with Gasteiger partial charge in [0, 0.05) is 36.8 Å². The predicted molar refractivity (Wildman–Crippen MR) is 103 cm³/mol. The maximum atomic E-state index is 12.5. The molecule has 1 unspecified atom stereocenters. The van der Waals surface area contributed by atoms with E-state index in [1.807, 2.05) is 0 Å². The molecule has 144 valence electrons. The fourth-order valence-corrected chi connectivity index (χ4v) is 2.61. The summed E-state index contributed by atoms with van der Waals surface area (Å²) in [6.07, 6.45) is 4.56. The van der Waals surface area contributed by atoms with Crippen LogP contribution >= 0.6 is 12.4 Å². The van der Waals surface area contributed by atoms with Crippen molar-refractivity contribution in [2.75, 3.05) is 31.0 Å². The molecule has 1 heterocycles. The van der Waals surface area contributed by atoms with E-state index in [2.05, 4.69) is 15.7 Å². The zero-order valence-electron chi connectivity index (χ0n) is 14.8. The van der Waals surface area contributed by atoms with Crippen molar-refractivity contribution in [2.24, 2.45) is 7.05 Å². The Bertz CT molecular complexity index is 838. The molecule has 1 atom stereocenters. The number of sulfone groups is 1. The van der Waals surface area contributed by atoms with Gasteiger partial charge in [-0.25, -0.2) is 8.42 Å². The van der Waals surface area contributed by atoms with Crippen LogP contribution < -0.4 is 15.4 Å². The summed E-state index contributed by atoms with van der Waals surface area (Å²) in [6.45, 7) is 0.0606. The van der Waals surface area contributed by atoms with Crippen molar-refractivity contribution in [1.82, 2.24) is 15.1 Å². The Morgan fingerprint density at radius 2 is 2.12 bits per heavy atom. The van der Waals surface area contributed by atoms with Crippen molar-refractivity contribution in [3.05, 3.63) is 42.2 Å². The molecular weight excluding hydrogens is 380 g/mol. The number of hydrogen-bond donors (Lipinski definition) is 2. The molecule has 0 fully saturated rings. The first-order valence-electron chi connectivity index (χ1n) is 7.66. The maximum absolute atomic E-state index is 12.5. The van der Waals surface area contributed by atoms with Gasteiger partial charge in [-0.1, -0.05) is 6.07 Å². The van der Waals surface area contributed by atoms with Crippen LogP contribution in [0.2, 0.25) is 0 Å². The highest BCUT2D eigenvalue weighted by atomic mass is 35.5. The minimum Gasteiger partial charge on any atom is -0.492 e. The Balaban J connectivity index is 0.00000338. The molecule has 2 aromatic rings. The summed E-state index contributed by atoms with van der Waals surface area (Å²) < 4.78 is 29.3. The van der Waals surface area contributed by atoms with Crippen molar-refractivity contribution in [3.8, 4) is 5.75 Å². The van der Waals surface area contributed by atoms with E-state index in [9.17, 15) is 13.2 Å². The number of anilines is 1. The highest BCUT2D eigenvalue weighted by Crippen LogP contribution is 2.20. The van der Waals surface area contributed by atoms with Gasteiger partial charge in [0.25, 0.3) is 0 Å². The number of amides is 1. The molecule has 10 heteroatoms. The molecule has 2 rings (SSSR count). The summed E-state index contributed by atoms with van der Waals surface area (Å²) >= 11 is 0. The molecule has 0 aliphatic rings. The number of carbonyl (C=O) groups is 1. The monoisotopic (exact) mass is 402 g/mol. The molecule has 0 saturated heterocycles. The first-order chi connectivity index (χ1) is 11.8. The number of hydrogen-bond acceptors (Lipinski definition) is 6. The van der Waals surface area contributed by atoms with E-state index in [0.29, 0.717) is 11.4 Å². The number of aromatic nitrogens is 2. The van der Waals surface area contributed by atoms with Crippen molar-refractivity contribution in [3.63, 3.8) is 0 Å². The highest BCUT2D eigenvalue weighted by molar-refractivity contribution is 7.90. The Morgan fingerprint density at radius 1 is 1.38 bits per heavy atom. The Morgan fingerprint density at radius 3 is 2.69 bits per heavy atom. The standard InChI is InChI=1S/C16H22N4O4S.ClH/c1-17-15(12-10-18-20(2)11-12)16(21)19-13-5-4-6-14(9-13)24-7-8-25(3,22)23;/h4-6,9-11,15,17H,7-8H2,1-3H3,(H,19,21);1H. The van der Waals surface area contributed by atoms with E-state index in [-0.39, 0.29) is 30.7 Å². The fourth-order valence-electron chi connectivity index (χ4n) is 2.23. The van der Waals surface area contributed by atoms with Crippen LogP contribution in [0, 0.1) is 0 Å². The summed E-state index contributed by atoms with van der Waals surface area (Å²) in [5, 5.41) is 9.84. The smallest absolute Gasteiger partial charge is 0.246 e. The molecule has 1 aromatic heterocycles. The van der Waals surface area contributed by atoms with Gasteiger partial charge in [0.05, 0.1) is 11.9 Å². The van der Waals surface area contributed by atoms with Crippen molar-refractivity contribution in [2.45, 2.75) is 6.04 Å². The van der Waals surface area contributed by atoms with Crippen LogP contribution in [0.25, 0.3) is 0 Å². The van der Waals surface area contributed by atoms with Crippen LogP contribution in [0.1, 0.15) is 11.6 Å². The Labute approximate surface area is 159 Å². The molecular formula is C16H23ClN4O4S. The van der Waals surface area contributed by atoms with E-state index >= 15 is 0 Å². The van der Waals surface area contributed by atoms with Gasteiger partial charge >= 0.3 is 0 Å². The number of nitrogens with one attached hydrogen (secondary N) is 2. The first-order valence-corrected chi connectivity index (χ1v) is 9.72. The van der Waals surface area contributed by atoms with Gasteiger partial charge in [-0.05, 0) is 19.2 Å². The number of carbonyl (C=O) groups excluding carboxylic acids is 1. The normalized spacial score (nSPS) is 12.1. The first kappa shape index (κ1) is 21.9. The van der Waals surface area contributed by atoms with Gasteiger partial charge in [0.2, 0.25) is 5.91 Å². The van der Waals surface area contributed by atoms with Crippen LogP contribution in [-0.4, -0.2) is 49.8 Å². The van der Waals surface area contributed by atoms with E-state index in [1.165, 1.54) is 0 Å². The largest absolute Gasteiger partial charge is 0.492 e. The van der Waals surface area contributed by atoms with Crippen molar-refractivity contribution < 1.29 is 17.9 Å². The molecule has 2 N–H and O–H groups in total. The number of halogens is 1. The van der Waals surface area contributed by atoms with Gasteiger partial charge in [0.1, 0.15) is 18.4 Å². The van der Waals surface area contributed by atoms with Gasteiger partial charge in [-0.2, -0.15) is 5.10 Å². The average molecular weight is 403 g/mol. The quantitative estimate of drug-likeness (QED) is 0.687. The second-order valence-electron chi connectivity index (χ2n) is 5.66. The minimum absolute atomic E-state index is 0. The minimum atomic E-state index is -3.08. The zero-order chi connectivity index (χ0) is 18.4. The van der Waals surface area contributed by atoms with Gasteiger partial charge < -0.3 is 15.4 Å². The second kappa shape index (κ2) is 9.56. The highest BCUT2D eigenvalue weighted by Gasteiger charge is 2.20. The van der Waals surface area contributed by atoms with Crippen LogP contribution in [0.15, 0.2) is 36.7 Å². The molecule has 0 aliphatic carbocycles. The summed E-state index contributed by atoms with van der Waals surface area (Å²) in [7, 11) is 0.402. The third-order valence-electron chi connectivity index (χ3n) is 3.43. The third kappa shape index (κ3) is 6.66. The summed E-state index contributed by atoms with van der Waals surface area (Å²) in [5.41, 5.74) is 1.31. The summed E-state index contributed by atoms with van der Waals surface area (Å²) in [6, 6.07) is 6.27. The third-order valence-corrected chi connectivity index (χ3v) is 4.34. The maximum Gasteiger partial charge on any atom is 0.246 e.